The smallest absolute Gasteiger partial charge is 0.0458 e. The van der Waals surface area contributed by atoms with E-state index < -0.39 is 0 Å². The molecule has 0 saturated heterocycles. The summed E-state index contributed by atoms with van der Waals surface area (Å²) in [6.07, 6.45) is 3.69. The van der Waals surface area contributed by atoms with Gasteiger partial charge in [0.25, 0.3) is 0 Å². The Morgan fingerprint density at radius 1 is 1.22 bits per heavy atom. The molecule has 0 bridgehead atoms. The summed E-state index contributed by atoms with van der Waals surface area (Å²) < 4.78 is 0. The lowest BCUT2D eigenvalue weighted by atomic mass is 9.64. The predicted molar refractivity (Wildman–Crippen MR) is 79.7 cm³/mol. The van der Waals surface area contributed by atoms with Gasteiger partial charge < -0.3 is 5.32 Å². The van der Waals surface area contributed by atoms with E-state index in [0.717, 1.165) is 11.6 Å². The van der Waals surface area contributed by atoms with Crippen molar-refractivity contribution in [1.82, 2.24) is 5.32 Å². The maximum Gasteiger partial charge on any atom is 0.0458 e. The molecule has 1 aliphatic carbocycles. The van der Waals surface area contributed by atoms with Gasteiger partial charge in [0.05, 0.1) is 0 Å². The molecule has 0 atom stereocenters. The van der Waals surface area contributed by atoms with Gasteiger partial charge in [-0.1, -0.05) is 35.7 Å². The summed E-state index contributed by atoms with van der Waals surface area (Å²) in [4.78, 5) is 0. The van der Waals surface area contributed by atoms with E-state index in [0.29, 0.717) is 5.02 Å². The Hall–Kier alpha value is -0.240. The summed E-state index contributed by atoms with van der Waals surface area (Å²) >= 11 is 12.3. The minimum atomic E-state index is 0.140. The van der Waals surface area contributed by atoms with Crippen molar-refractivity contribution in [2.24, 2.45) is 0 Å². The fraction of sp³-hybridized carbons (Fsp3) is 0.600. The molecular formula is C15H21Cl2N. The van der Waals surface area contributed by atoms with Crippen LogP contribution in [0.1, 0.15) is 45.6 Å². The molecule has 1 aromatic carbocycles. The fourth-order valence-corrected chi connectivity index (χ4v) is 3.11. The number of nitrogens with one attached hydrogen (secondary N) is 1. The molecule has 0 spiro atoms. The fourth-order valence-electron chi connectivity index (χ4n) is 2.50. The molecule has 1 saturated carbocycles. The zero-order chi connectivity index (χ0) is 13.4. The zero-order valence-electron chi connectivity index (χ0n) is 11.3. The van der Waals surface area contributed by atoms with E-state index in [9.17, 15) is 0 Å². The number of hydrogen-bond acceptors (Lipinski definition) is 1. The molecule has 0 unspecified atom stereocenters. The average molecular weight is 286 g/mol. The van der Waals surface area contributed by atoms with Crippen LogP contribution < -0.4 is 5.32 Å². The Labute approximate surface area is 120 Å². The third-order valence-corrected chi connectivity index (χ3v) is 4.32. The topological polar surface area (TPSA) is 12.0 Å². The van der Waals surface area contributed by atoms with Gasteiger partial charge in [0, 0.05) is 27.5 Å². The first kappa shape index (κ1) is 14.2. The highest BCUT2D eigenvalue weighted by atomic mass is 35.5. The molecule has 18 heavy (non-hydrogen) atoms. The summed E-state index contributed by atoms with van der Waals surface area (Å²) in [5.74, 6) is 0. The molecule has 1 aromatic rings. The van der Waals surface area contributed by atoms with Crippen LogP contribution in [0.15, 0.2) is 18.2 Å². The monoisotopic (exact) mass is 285 g/mol. The second-order valence-electron chi connectivity index (χ2n) is 6.36. The number of benzene rings is 1. The Bertz CT molecular complexity index is 431. The second-order valence-corrected chi connectivity index (χ2v) is 7.21. The molecule has 100 valence electrons. The quantitative estimate of drug-likeness (QED) is 0.841. The van der Waals surface area contributed by atoms with Gasteiger partial charge in [0.15, 0.2) is 0 Å². The highest BCUT2D eigenvalue weighted by molar-refractivity contribution is 6.35. The molecule has 1 fully saturated rings. The third-order valence-electron chi connectivity index (χ3n) is 3.77. The molecular weight excluding hydrogens is 265 g/mol. The molecule has 2 rings (SSSR count). The molecule has 0 heterocycles. The normalized spacial score (nSPS) is 18.5. The van der Waals surface area contributed by atoms with Crippen molar-refractivity contribution in [3.8, 4) is 0 Å². The lowest BCUT2D eigenvalue weighted by Gasteiger charge is -2.45. The molecule has 0 aromatic heterocycles. The first-order valence-corrected chi connectivity index (χ1v) is 7.29. The number of hydrogen-bond donors (Lipinski definition) is 1. The van der Waals surface area contributed by atoms with E-state index in [4.69, 9.17) is 23.2 Å². The van der Waals surface area contributed by atoms with Crippen LogP contribution in [0.5, 0.6) is 0 Å². The Kier molecular flexibility index (Phi) is 3.96. The first-order valence-electron chi connectivity index (χ1n) is 6.53. The largest absolute Gasteiger partial charge is 0.311 e. The van der Waals surface area contributed by atoms with Crippen LogP contribution in [0.3, 0.4) is 0 Å². The van der Waals surface area contributed by atoms with Crippen LogP contribution in [-0.4, -0.2) is 12.1 Å². The van der Waals surface area contributed by atoms with E-state index in [1.54, 1.807) is 0 Å². The van der Waals surface area contributed by atoms with Crippen LogP contribution in [0.4, 0.5) is 0 Å². The Morgan fingerprint density at radius 2 is 1.89 bits per heavy atom. The molecule has 0 aliphatic heterocycles. The summed E-state index contributed by atoms with van der Waals surface area (Å²) in [5.41, 5.74) is 1.59. The Balaban J connectivity index is 2.21. The SMILES string of the molecule is CC(C)(C)NCC1(c2ccc(Cl)cc2Cl)CCC1. The summed E-state index contributed by atoms with van der Waals surface area (Å²) in [7, 11) is 0. The lowest BCUT2D eigenvalue weighted by molar-refractivity contribution is 0.213. The maximum absolute atomic E-state index is 6.36. The zero-order valence-corrected chi connectivity index (χ0v) is 12.8. The van der Waals surface area contributed by atoms with E-state index >= 15 is 0 Å². The van der Waals surface area contributed by atoms with E-state index in [-0.39, 0.29) is 11.0 Å². The molecule has 0 radical (unpaired) electrons. The van der Waals surface area contributed by atoms with Crippen LogP contribution in [0.2, 0.25) is 10.0 Å². The van der Waals surface area contributed by atoms with Gasteiger partial charge in [0.2, 0.25) is 0 Å². The van der Waals surface area contributed by atoms with Gasteiger partial charge in [-0.25, -0.2) is 0 Å². The van der Waals surface area contributed by atoms with Crippen molar-refractivity contribution in [3.63, 3.8) is 0 Å². The van der Waals surface area contributed by atoms with E-state index in [1.807, 2.05) is 12.1 Å². The predicted octanol–water partition coefficient (Wildman–Crippen LogP) is 4.80. The van der Waals surface area contributed by atoms with E-state index in [1.165, 1.54) is 24.8 Å². The minimum Gasteiger partial charge on any atom is -0.311 e. The average Bonchev–Trinajstić information content (AvgIpc) is 2.17. The lowest BCUT2D eigenvalue weighted by Crippen LogP contribution is -2.49. The van der Waals surface area contributed by atoms with Gasteiger partial charge in [-0.2, -0.15) is 0 Å². The molecule has 1 N–H and O–H groups in total. The number of rotatable bonds is 3. The van der Waals surface area contributed by atoms with Crippen molar-refractivity contribution >= 4 is 23.2 Å². The minimum absolute atomic E-state index is 0.140. The summed E-state index contributed by atoms with van der Waals surface area (Å²) in [5, 5.41) is 5.13. The molecule has 3 heteroatoms. The highest BCUT2D eigenvalue weighted by Gasteiger charge is 2.40. The summed E-state index contributed by atoms with van der Waals surface area (Å²) in [6.45, 7) is 7.58. The molecule has 0 amide bonds. The van der Waals surface area contributed by atoms with Crippen molar-refractivity contribution < 1.29 is 0 Å². The van der Waals surface area contributed by atoms with E-state index in [2.05, 4.69) is 32.2 Å². The van der Waals surface area contributed by atoms with Crippen LogP contribution in [0, 0.1) is 0 Å². The van der Waals surface area contributed by atoms with Crippen molar-refractivity contribution in [3.05, 3.63) is 33.8 Å². The molecule has 1 nitrogen and oxygen atoms in total. The van der Waals surface area contributed by atoms with Gasteiger partial charge >= 0.3 is 0 Å². The van der Waals surface area contributed by atoms with Gasteiger partial charge in [0.1, 0.15) is 0 Å². The highest BCUT2D eigenvalue weighted by Crippen LogP contribution is 2.46. The third kappa shape index (κ3) is 3.01. The van der Waals surface area contributed by atoms with Gasteiger partial charge in [-0.15, -0.1) is 0 Å². The van der Waals surface area contributed by atoms with Crippen LogP contribution in [0.25, 0.3) is 0 Å². The van der Waals surface area contributed by atoms with Crippen molar-refractivity contribution in [1.29, 1.82) is 0 Å². The first-order chi connectivity index (χ1) is 8.32. The summed E-state index contributed by atoms with van der Waals surface area (Å²) in [6, 6.07) is 5.89. The standard InChI is InChI=1S/C15H21Cl2N/c1-14(2,3)18-10-15(7-4-8-15)12-6-5-11(16)9-13(12)17/h5-6,9,18H,4,7-8,10H2,1-3H3. The van der Waals surface area contributed by atoms with Crippen LogP contribution >= 0.6 is 23.2 Å². The maximum atomic E-state index is 6.36. The molecule has 1 aliphatic rings. The van der Waals surface area contributed by atoms with Crippen molar-refractivity contribution in [2.45, 2.75) is 51.0 Å². The second kappa shape index (κ2) is 5.03. The van der Waals surface area contributed by atoms with Crippen molar-refractivity contribution in [2.75, 3.05) is 6.54 Å². The van der Waals surface area contributed by atoms with Gasteiger partial charge in [-0.3, -0.25) is 0 Å². The van der Waals surface area contributed by atoms with Gasteiger partial charge in [-0.05, 0) is 51.3 Å². The van der Waals surface area contributed by atoms with Crippen LogP contribution in [-0.2, 0) is 5.41 Å². The Morgan fingerprint density at radius 3 is 2.33 bits per heavy atom. The number of halogens is 2.